The second kappa shape index (κ2) is 7.71. The molecule has 0 bridgehead atoms. The Kier molecular flexibility index (Phi) is 5.94. The van der Waals surface area contributed by atoms with Crippen molar-refractivity contribution in [3.63, 3.8) is 0 Å². The van der Waals surface area contributed by atoms with Crippen LogP contribution in [-0.4, -0.2) is 40.2 Å². The molecule has 0 spiro atoms. The van der Waals surface area contributed by atoms with Crippen LogP contribution in [-0.2, 0) is 9.59 Å². The van der Waals surface area contributed by atoms with Gasteiger partial charge < -0.3 is 10.0 Å². The number of hydrogen-bond acceptors (Lipinski definition) is 3. The predicted molar refractivity (Wildman–Crippen MR) is 83.8 cm³/mol. The summed E-state index contributed by atoms with van der Waals surface area (Å²) < 4.78 is 0. The van der Waals surface area contributed by atoms with Gasteiger partial charge in [0.25, 0.3) is 0 Å². The van der Waals surface area contributed by atoms with Gasteiger partial charge in [0.2, 0.25) is 5.91 Å². The van der Waals surface area contributed by atoms with Gasteiger partial charge in [0.05, 0.1) is 5.75 Å². The van der Waals surface area contributed by atoms with Crippen LogP contribution in [0.15, 0.2) is 29.2 Å². The first kappa shape index (κ1) is 16.2. The van der Waals surface area contributed by atoms with Crippen LogP contribution in [0.2, 0.25) is 5.02 Å². The summed E-state index contributed by atoms with van der Waals surface area (Å²) in [6.45, 7) is 0.539. The molecule has 4 nitrogen and oxygen atoms in total. The first-order valence-electron chi connectivity index (χ1n) is 6.98. The van der Waals surface area contributed by atoms with Gasteiger partial charge in [0, 0.05) is 16.5 Å². The van der Waals surface area contributed by atoms with Crippen LogP contribution < -0.4 is 0 Å². The smallest absolute Gasteiger partial charge is 0.326 e. The lowest BCUT2D eigenvalue weighted by molar-refractivity contribution is -0.149. The minimum absolute atomic E-state index is 0.107. The number of nitrogens with zero attached hydrogens (tertiary/aromatic N) is 1. The van der Waals surface area contributed by atoms with Crippen LogP contribution in [0.4, 0.5) is 0 Å². The molecule has 0 aromatic heterocycles. The minimum Gasteiger partial charge on any atom is -0.480 e. The molecule has 1 aliphatic heterocycles. The highest BCUT2D eigenvalue weighted by Gasteiger charge is 2.30. The van der Waals surface area contributed by atoms with Crippen LogP contribution in [0, 0.1) is 0 Å². The summed E-state index contributed by atoms with van der Waals surface area (Å²) in [5.41, 5.74) is 0. The third kappa shape index (κ3) is 4.64. The average Bonchev–Trinajstić information content (AvgIpc) is 2.72. The maximum atomic E-state index is 12.3. The van der Waals surface area contributed by atoms with E-state index in [0.717, 1.165) is 24.2 Å². The highest BCUT2D eigenvalue weighted by atomic mass is 35.5. The Morgan fingerprint density at radius 1 is 1.24 bits per heavy atom. The fraction of sp³-hybridized carbons (Fsp3) is 0.467. The van der Waals surface area contributed by atoms with E-state index in [9.17, 15) is 14.7 Å². The van der Waals surface area contributed by atoms with E-state index >= 15 is 0 Å². The Hall–Kier alpha value is -1.20. The van der Waals surface area contributed by atoms with Crippen LogP contribution in [0.5, 0.6) is 0 Å². The van der Waals surface area contributed by atoms with Crippen molar-refractivity contribution in [3.05, 3.63) is 29.3 Å². The molecule has 21 heavy (non-hydrogen) atoms. The highest BCUT2D eigenvalue weighted by molar-refractivity contribution is 8.00. The summed E-state index contributed by atoms with van der Waals surface area (Å²) in [7, 11) is 0. The number of halogens is 1. The lowest BCUT2D eigenvalue weighted by Crippen LogP contribution is -2.45. The van der Waals surface area contributed by atoms with Crippen molar-refractivity contribution < 1.29 is 14.7 Å². The summed E-state index contributed by atoms with van der Waals surface area (Å²) in [4.78, 5) is 26.1. The van der Waals surface area contributed by atoms with E-state index in [-0.39, 0.29) is 11.7 Å². The number of rotatable bonds is 4. The molecule has 1 saturated heterocycles. The monoisotopic (exact) mass is 327 g/mol. The molecule has 1 amide bonds. The number of thioether (sulfide) groups is 1. The Balaban J connectivity index is 1.96. The molecule has 1 fully saturated rings. The molecule has 2 rings (SSSR count). The van der Waals surface area contributed by atoms with Crippen LogP contribution >= 0.6 is 23.4 Å². The second-order valence-electron chi connectivity index (χ2n) is 5.03. The van der Waals surface area contributed by atoms with Gasteiger partial charge in [-0.15, -0.1) is 11.8 Å². The molecular formula is C15H18ClNO3S. The topological polar surface area (TPSA) is 57.6 Å². The molecule has 1 unspecified atom stereocenters. The molecule has 6 heteroatoms. The first-order valence-corrected chi connectivity index (χ1v) is 8.35. The van der Waals surface area contributed by atoms with E-state index in [1.807, 2.05) is 12.1 Å². The molecular weight excluding hydrogens is 310 g/mol. The lowest BCUT2D eigenvalue weighted by Gasteiger charge is -2.26. The normalized spacial score (nSPS) is 19.1. The number of carboxylic acid groups (broad SMARTS) is 1. The molecule has 1 aromatic rings. The lowest BCUT2D eigenvalue weighted by atomic mass is 10.1. The summed E-state index contributed by atoms with van der Waals surface area (Å²) in [6, 6.07) is 6.60. The van der Waals surface area contributed by atoms with Gasteiger partial charge in [-0.25, -0.2) is 4.79 Å². The van der Waals surface area contributed by atoms with E-state index < -0.39 is 12.0 Å². The molecule has 114 valence electrons. The molecule has 0 radical (unpaired) electrons. The molecule has 1 heterocycles. The number of carbonyl (C=O) groups excluding carboxylic acids is 1. The number of carboxylic acids is 1. The standard InChI is InChI=1S/C15H18ClNO3S/c16-11-5-7-12(8-6-11)21-10-14(18)17-9-3-1-2-4-13(17)15(19)20/h5-8,13H,1-4,9-10H2,(H,19,20). The SMILES string of the molecule is O=C(O)C1CCCCCN1C(=O)CSc1ccc(Cl)cc1. The van der Waals surface area contributed by atoms with Gasteiger partial charge in [0.15, 0.2) is 0 Å². The fourth-order valence-electron chi connectivity index (χ4n) is 2.42. The zero-order chi connectivity index (χ0) is 15.2. The van der Waals surface area contributed by atoms with Gasteiger partial charge in [-0.1, -0.05) is 24.4 Å². The third-order valence-corrected chi connectivity index (χ3v) is 4.78. The largest absolute Gasteiger partial charge is 0.480 e. The van der Waals surface area contributed by atoms with Crippen molar-refractivity contribution in [3.8, 4) is 0 Å². The van der Waals surface area contributed by atoms with E-state index in [0.29, 0.717) is 18.0 Å². The summed E-state index contributed by atoms with van der Waals surface area (Å²) in [5, 5.41) is 9.94. The molecule has 1 aliphatic rings. The maximum absolute atomic E-state index is 12.3. The number of amides is 1. The highest BCUT2D eigenvalue weighted by Crippen LogP contribution is 2.23. The number of aliphatic carboxylic acids is 1. The molecule has 1 aromatic carbocycles. The third-order valence-electron chi connectivity index (χ3n) is 3.53. The van der Waals surface area contributed by atoms with Crippen molar-refractivity contribution in [2.24, 2.45) is 0 Å². The van der Waals surface area contributed by atoms with Crippen molar-refractivity contribution >= 4 is 35.2 Å². The van der Waals surface area contributed by atoms with Crippen molar-refractivity contribution in [1.82, 2.24) is 4.90 Å². The maximum Gasteiger partial charge on any atom is 0.326 e. The van der Waals surface area contributed by atoms with E-state index in [1.165, 1.54) is 16.7 Å². The minimum atomic E-state index is -0.901. The molecule has 0 saturated carbocycles. The number of likely N-dealkylation sites (tertiary alicyclic amines) is 1. The number of benzene rings is 1. The van der Waals surface area contributed by atoms with Crippen molar-refractivity contribution in [1.29, 1.82) is 0 Å². The zero-order valence-corrected chi connectivity index (χ0v) is 13.2. The Labute approximate surface area is 133 Å². The first-order chi connectivity index (χ1) is 10.1. The van der Waals surface area contributed by atoms with Crippen LogP contribution in [0.3, 0.4) is 0 Å². The van der Waals surface area contributed by atoms with Crippen molar-refractivity contribution in [2.45, 2.75) is 36.6 Å². The van der Waals surface area contributed by atoms with Gasteiger partial charge in [0.1, 0.15) is 6.04 Å². The zero-order valence-electron chi connectivity index (χ0n) is 11.6. The van der Waals surface area contributed by atoms with Crippen LogP contribution in [0.25, 0.3) is 0 Å². The quantitative estimate of drug-likeness (QED) is 0.862. The Morgan fingerprint density at radius 2 is 1.95 bits per heavy atom. The summed E-state index contributed by atoms with van der Waals surface area (Å²) in [5.74, 6) is -0.753. The van der Waals surface area contributed by atoms with E-state index in [1.54, 1.807) is 12.1 Å². The summed E-state index contributed by atoms with van der Waals surface area (Å²) in [6.07, 6.45) is 3.27. The predicted octanol–water partition coefficient (Wildman–Crippen LogP) is 3.29. The van der Waals surface area contributed by atoms with Crippen molar-refractivity contribution in [2.75, 3.05) is 12.3 Å². The fourth-order valence-corrected chi connectivity index (χ4v) is 3.33. The van der Waals surface area contributed by atoms with Gasteiger partial charge in [-0.05, 0) is 37.1 Å². The second-order valence-corrected chi connectivity index (χ2v) is 6.52. The molecule has 1 atom stereocenters. The van der Waals surface area contributed by atoms with Gasteiger partial charge >= 0.3 is 5.97 Å². The Morgan fingerprint density at radius 3 is 2.62 bits per heavy atom. The molecule has 1 N–H and O–H groups in total. The average molecular weight is 328 g/mol. The number of carbonyl (C=O) groups is 2. The van der Waals surface area contributed by atoms with E-state index in [2.05, 4.69) is 0 Å². The van der Waals surface area contributed by atoms with Gasteiger partial charge in [-0.2, -0.15) is 0 Å². The Bertz CT molecular complexity index is 506. The van der Waals surface area contributed by atoms with Crippen LogP contribution in [0.1, 0.15) is 25.7 Å². The van der Waals surface area contributed by atoms with E-state index in [4.69, 9.17) is 11.6 Å². The van der Waals surface area contributed by atoms with Gasteiger partial charge in [-0.3, -0.25) is 4.79 Å². The molecule has 0 aliphatic carbocycles. The number of hydrogen-bond donors (Lipinski definition) is 1. The summed E-state index contributed by atoms with van der Waals surface area (Å²) >= 11 is 7.23.